The second-order valence-electron chi connectivity index (χ2n) is 5.02. The number of benzene rings is 1. The fourth-order valence-electron chi connectivity index (χ4n) is 1.81. The fourth-order valence-corrected chi connectivity index (χ4v) is 2.19. The summed E-state index contributed by atoms with van der Waals surface area (Å²) in [5, 5.41) is 0. The molecule has 2 aromatic rings. The van der Waals surface area contributed by atoms with Crippen molar-refractivity contribution in [1.82, 2.24) is 15.8 Å². The van der Waals surface area contributed by atoms with Gasteiger partial charge in [-0.05, 0) is 38.1 Å². The monoisotopic (exact) mass is 393 g/mol. The number of ketones is 1. The Morgan fingerprint density at radius 2 is 1.96 bits per heavy atom. The number of nitrogens with one attached hydrogen (secondary N) is 3. The largest absolute Gasteiger partial charge is 0.481 e. The van der Waals surface area contributed by atoms with Crippen molar-refractivity contribution in [3.05, 3.63) is 52.3 Å². The normalized spacial score (nSPS) is 11.5. The Bertz CT molecular complexity index is 772. The van der Waals surface area contributed by atoms with Crippen LogP contribution in [0, 0.1) is 0 Å². The van der Waals surface area contributed by atoms with Gasteiger partial charge in [0.05, 0.1) is 0 Å². The van der Waals surface area contributed by atoms with Crippen molar-refractivity contribution in [2.24, 2.45) is 0 Å². The highest BCUT2D eigenvalue weighted by Gasteiger charge is 2.17. The van der Waals surface area contributed by atoms with E-state index >= 15 is 0 Å². The predicted molar refractivity (Wildman–Crippen MR) is 90.6 cm³/mol. The Hall–Kier alpha value is -2.61. The molecule has 0 saturated heterocycles. The predicted octanol–water partition coefficient (Wildman–Crippen LogP) is 2.21. The lowest BCUT2D eigenvalue weighted by molar-refractivity contribution is -0.128. The van der Waals surface area contributed by atoms with Crippen molar-refractivity contribution in [2.75, 3.05) is 0 Å². The molecule has 1 aromatic heterocycles. The number of H-pyrrole nitrogens is 1. The Balaban J connectivity index is 1.87. The molecule has 24 heavy (non-hydrogen) atoms. The summed E-state index contributed by atoms with van der Waals surface area (Å²) in [6, 6.07) is 8.47. The Morgan fingerprint density at radius 3 is 2.58 bits per heavy atom. The van der Waals surface area contributed by atoms with Crippen LogP contribution in [-0.4, -0.2) is 28.7 Å². The van der Waals surface area contributed by atoms with Crippen LogP contribution in [0.15, 0.2) is 41.0 Å². The van der Waals surface area contributed by atoms with Crippen LogP contribution in [0.5, 0.6) is 5.75 Å². The fraction of sp³-hybridized carbons (Fsp3) is 0.188. The van der Waals surface area contributed by atoms with E-state index in [1.165, 1.54) is 19.2 Å². The molecule has 0 radical (unpaired) electrons. The van der Waals surface area contributed by atoms with Gasteiger partial charge in [-0.1, -0.05) is 22.0 Å². The van der Waals surface area contributed by atoms with E-state index in [4.69, 9.17) is 4.74 Å². The van der Waals surface area contributed by atoms with Gasteiger partial charge in [-0.3, -0.25) is 25.2 Å². The molecule has 126 valence electrons. The number of hydrogen-bond acceptors (Lipinski definition) is 4. The van der Waals surface area contributed by atoms with E-state index in [-0.39, 0.29) is 11.5 Å². The molecular formula is C16H16BrN3O4. The maximum absolute atomic E-state index is 12.0. The van der Waals surface area contributed by atoms with Gasteiger partial charge in [0.1, 0.15) is 11.4 Å². The molecule has 0 aliphatic heterocycles. The summed E-state index contributed by atoms with van der Waals surface area (Å²) in [7, 11) is 0. The standard InChI is InChI=1S/C16H16BrN3O4/c1-9(21)11-6-14(18-8-11)16(23)20-19-15(22)10(2)24-13-5-3-4-12(17)7-13/h3-8,10,18H,1-2H3,(H,19,22)(H,20,23). The number of rotatable bonds is 5. The number of aromatic amines is 1. The number of halogens is 1. The van der Waals surface area contributed by atoms with E-state index < -0.39 is 17.9 Å². The van der Waals surface area contributed by atoms with Gasteiger partial charge in [0.25, 0.3) is 11.8 Å². The van der Waals surface area contributed by atoms with Gasteiger partial charge in [-0.2, -0.15) is 0 Å². The van der Waals surface area contributed by atoms with E-state index in [2.05, 4.69) is 31.8 Å². The van der Waals surface area contributed by atoms with Crippen molar-refractivity contribution < 1.29 is 19.1 Å². The first-order valence-electron chi connectivity index (χ1n) is 7.08. The summed E-state index contributed by atoms with van der Waals surface area (Å²) in [4.78, 5) is 37.7. The van der Waals surface area contributed by atoms with Crippen molar-refractivity contribution in [2.45, 2.75) is 20.0 Å². The van der Waals surface area contributed by atoms with Crippen LogP contribution >= 0.6 is 15.9 Å². The van der Waals surface area contributed by atoms with Crippen molar-refractivity contribution in [3.63, 3.8) is 0 Å². The van der Waals surface area contributed by atoms with Gasteiger partial charge in [-0.25, -0.2) is 0 Å². The number of ether oxygens (including phenoxy) is 1. The Labute approximate surface area is 146 Å². The molecule has 7 nitrogen and oxygen atoms in total. The first-order chi connectivity index (χ1) is 11.4. The van der Waals surface area contributed by atoms with Crippen molar-refractivity contribution >= 4 is 33.5 Å². The molecule has 0 bridgehead atoms. The highest BCUT2D eigenvalue weighted by atomic mass is 79.9. The van der Waals surface area contributed by atoms with Crippen LogP contribution in [0.4, 0.5) is 0 Å². The maximum atomic E-state index is 12.0. The van der Waals surface area contributed by atoms with Crippen LogP contribution < -0.4 is 15.6 Å². The number of Topliss-reactive ketones (excluding diaryl/α,β-unsaturated/α-hetero) is 1. The highest BCUT2D eigenvalue weighted by molar-refractivity contribution is 9.10. The van der Waals surface area contributed by atoms with E-state index in [1.54, 1.807) is 25.1 Å². The number of aromatic nitrogens is 1. The SMILES string of the molecule is CC(=O)c1c[nH]c(C(=O)NNC(=O)C(C)Oc2cccc(Br)c2)c1. The van der Waals surface area contributed by atoms with E-state index in [9.17, 15) is 14.4 Å². The Morgan fingerprint density at radius 1 is 1.21 bits per heavy atom. The summed E-state index contributed by atoms with van der Waals surface area (Å²) in [5.74, 6) is -0.716. The molecule has 0 saturated carbocycles. The summed E-state index contributed by atoms with van der Waals surface area (Å²) in [6.45, 7) is 2.96. The van der Waals surface area contributed by atoms with Crippen LogP contribution in [0.2, 0.25) is 0 Å². The zero-order valence-corrected chi connectivity index (χ0v) is 14.6. The lowest BCUT2D eigenvalue weighted by Crippen LogP contribution is -2.47. The minimum Gasteiger partial charge on any atom is -0.481 e. The molecule has 0 spiro atoms. The van der Waals surface area contributed by atoms with Gasteiger partial charge < -0.3 is 9.72 Å². The first kappa shape index (κ1) is 17.7. The summed E-state index contributed by atoms with van der Waals surface area (Å²) >= 11 is 3.31. The summed E-state index contributed by atoms with van der Waals surface area (Å²) in [6.07, 6.45) is 0.619. The van der Waals surface area contributed by atoms with Crippen LogP contribution in [0.3, 0.4) is 0 Å². The summed E-state index contributed by atoms with van der Waals surface area (Å²) < 4.78 is 6.31. The number of hydrogen-bond donors (Lipinski definition) is 3. The van der Waals surface area contributed by atoms with Gasteiger partial charge in [-0.15, -0.1) is 0 Å². The third-order valence-electron chi connectivity index (χ3n) is 3.11. The van der Waals surface area contributed by atoms with Crippen LogP contribution in [-0.2, 0) is 4.79 Å². The first-order valence-corrected chi connectivity index (χ1v) is 7.88. The third kappa shape index (κ3) is 4.69. The maximum Gasteiger partial charge on any atom is 0.286 e. The van der Waals surface area contributed by atoms with Gasteiger partial charge >= 0.3 is 0 Å². The van der Waals surface area contributed by atoms with E-state index in [0.29, 0.717) is 11.3 Å². The second-order valence-corrected chi connectivity index (χ2v) is 5.93. The van der Waals surface area contributed by atoms with Crippen molar-refractivity contribution in [1.29, 1.82) is 0 Å². The number of amides is 2. The molecule has 8 heteroatoms. The minimum absolute atomic E-state index is 0.162. The Kier molecular flexibility index (Phi) is 5.75. The molecular weight excluding hydrogens is 378 g/mol. The smallest absolute Gasteiger partial charge is 0.286 e. The highest BCUT2D eigenvalue weighted by Crippen LogP contribution is 2.18. The molecule has 1 unspecified atom stereocenters. The average molecular weight is 394 g/mol. The molecule has 3 N–H and O–H groups in total. The number of carbonyl (C=O) groups is 3. The summed E-state index contributed by atoms with van der Waals surface area (Å²) in [5.41, 5.74) is 5.09. The number of carbonyl (C=O) groups excluding carboxylic acids is 3. The zero-order chi connectivity index (χ0) is 17.7. The topological polar surface area (TPSA) is 100 Å². The zero-order valence-electron chi connectivity index (χ0n) is 13.1. The second kappa shape index (κ2) is 7.78. The lowest BCUT2D eigenvalue weighted by atomic mass is 10.2. The molecule has 2 amide bonds. The van der Waals surface area contributed by atoms with Gasteiger partial charge in [0, 0.05) is 16.2 Å². The average Bonchev–Trinajstić information content (AvgIpc) is 3.02. The minimum atomic E-state index is -0.809. The molecule has 0 fully saturated rings. The lowest BCUT2D eigenvalue weighted by Gasteiger charge is -2.15. The van der Waals surface area contributed by atoms with Crippen LogP contribution in [0.25, 0.3) is 0 Å². The quantitative estimate of drug-likeness (QED) is 0.535. The molecule has 1 atom stereocenters. The van der Waals surface area contributed by atoms with Gasteiger partial charge in [0.15, 0.2) is 11.9 Å². The van der Waals surface area contributed by atoms with Gasteiger partial charge in [0.2, 0.25) is 0 Å². The third-order valence-corrected chi connectivity index (χ3v) is 3.60. The van der Waals surface area contributed by atoms with E-state index in [0.717, 1.165) is 4.47 Å². The molecule has 1 aromatic carbocycles. The molecule has 0 aliphatic rings. The molecule has 0 aliphatic carbocycles. The molecule has 1 heterocycles. The number of hydrazine groups is 1. The van der Waals surface area contributed by atoms with E-state index in [1.807, 2.05) is 6.07 Å². The van der Waals surface area contributed by atoms with Crippen LogP contribution in [0.1, 0.15) is 34.7 Å². The van der Waals surface area contributed by atoms with Crippen molar-refractivity contribution in [3.8, 4) is 5.75 Å². The molecule has 2 rings (SSSR count).